The molecule has 3 amide bonds. The third-order valence-corrected chi connectivity index (χ3v) is 6.39. The van der Waals surface area contributed by atoms with Crippen LogP contribution >= 0.6 is 27.5 Å². The summed E-state index contributed by atoms with van der Waals surface area (Å²) < 4.78 is 0.678. The minimum absolute atomic E-state index is 0.283. The van der Waals surface area contributed by atoms with Crippen LogP contribution in [0.3, 0.4) is 0 Å². The maximum atomic E-state index is 13.4. The number of allylic oxidation sites excluding steroid dienone is 1. The fraction of sp³-hybridized carbons (Fsp3) is 0.304. The summed E-state index contributed by atoms with van der Waals surface area (Å²) in [4.78, 5) is 27.4. The number of nitrogens with one attached hydrogen (secondary N) is 2. The van der Waals surface area contributed by atoms with Crippen LogP contribution in [0.4, 0.5) is 16.2 Å². The van der Waals surface area contributed by atoms with E-state index in [1.54, 1.807) is 42.5 Å². The lowest BCUT2D eigenvalue weighted by molar-refractivity contribution is -0.140. The van der Waals surface area contributed by atoms with Gasteiger partial charge in [-0.3, -0.25) is 9.69 Å². The molecule has 0 radical (unpaired) electrons. The van der Waals surface area contributed by atoms with Gasteiger partial charge in [-0.25, -0.2) is 4.79 Å². The number of carbonyl (C=O) groups is 2. The zero-order valence-electron chi connectivity index (χ0n) is 16.8. The third-order valence-electron chi connectivity index (χ3n) is 5.64. The van der Waals surface area contributed by atoms with Crippen molar-refractivity contribution in [1.82, 2.24) is 5.32 Å². The number of carbonyl (C=O) groups excluding carboxylic acids is 2. The summed E-state index contributed by atoms with van der Waals surface area (Å²) in [6, 6.07) is 10.8. The van der Waals surface area contributed by atoms with Crippen molar-refractivity contribution in [3.63, 3.8) is 0 Å². The van der Waals surface area contributed by atoms with Crippen LogP contribution in [-0.4, -0.2) is 23.6 Å². The molecule has 2 aromatic rings. The molecular formula is C23H23BrClN3O3. The summed E-state index contributed by atoms with van der Waals surface area (Å²) in [6.45, 7) is 0.381. The lowest BCUT2D eigenvalue weighted by Gasteiger charge is -2.42. The van der Waals surface area contributed by atoms with Crippen LogP contribution in [0.15, 0.2) is 58.6 Å². The fourth-order valence-corrected chi connectivity index (χ4v) is 4.55. The molecule has 0 aromatic heterocycles. The molecule has 8 heteroatoms. The number of anilines is 2. The molecule has 31 heavy (non-hydrogen) atoms. The molecule has 0 saturated carbocycles. The quantitative estimate of drug-likeness (QED) is 0.483. The average Bonchev–Trinajstić information content (AvgIpc) is 2.76. The van der Waals surface area contributed by atoms with E-state index >= 15 is 0 Å². The monoisotopic (exact) mass is 503 g/mol. The molecule has 0 fully saturated rings. The number of rotatable bonds is 5. The van der Waals surface area contributed by atoms with Crippen molar-refractivity contribution in [1.29, 1.82) is 0 Å². The van der Waals surface area contributed by atoms with Gasteiger partial charge in [0.1, 0.15) is 0 Å². The van der Waals surface area contributed by atoms with Crippen molar-refractivity contribution in [3.8, 4) is 0 Å². The topological polar surface area (TPSA) is 81.7 Å². The van der Waals surface area contributed by atoms with Crippen LogP contribution in [0.2, 0.25) is 5.02 Å². The van der Waals surface area contributed by atoms with Crippen molar-refractivity contribution in [2.24, 2.45) is 0 Å². The van der Waals surface area contributed by atoms with E-state index in [2.05, 4.69) is 32.6 Å². The first kappa shape index (κ1) is 21.9. The van der Waals surface area contributed by atoms with Crippen LogP contribution in [0.25, 0.3) is 0 Å². The molecule has 1 atom stereocenters. The highest BCUT2D eigenvalue weighted by Gasteiger charge is 2.52. The maximum Gasteiger partial charge on any atom is 0.329 e. The number of urea groups is 1. The number of benzene rings is 2. The Hall–Kier alpha value is -2.35. The summed E-state index contributed by atoms with van der Waals surface area (Å²) in [7, 11) is 0. The van der Waals surface area contributed by atoms with Gasteiger partial charge in [0.05, 0.1) is 5.69 Å². The summed E-state index contributed by atoms with van der Waals surface area (Å²) >= 11 is 9.39. The fourth-order valence-electron chi connectivity index (χ4n) is 4.06. The smallest absolute Gasteiger partial charge is 0.329 e. The van der Waals surface area contributed by atoms with Crippen molar-refractivity contribution in [2.75, 3.05) is 16.8 Å². The predicted octanol–water partition coefficient (Wildman–Crippen LogP) is 5.31. The van der Waals surface area contributed by atoms with Gasteiger partial charge in [0.15, 0.2) is 0 Å². The van der Waals surface area contributed by atoms with Crippen molar-refractivity contribution in [3.05, 3.63) is 69.2 Å². The molecular weight excluding hydrogens is 482 g/mol. The van der Waals surface area contributed by atoms with Crippen LogP contribution in [0.1, 0.15) is 37.7 Å². The van der Waals surface area contributed by atoms with Gasteiger partial charge >= 0.3 is 6.03 Å². The molecule has 0 unspecified atom stereocenters. The Balaban J connectivity index is 1.68. The summed E-state index contributed by atoms with van der Waals surface area (Å²) in [6.07, 6.45) is 7.42. The highest BCUT2D eigenvalue weighted by Crippen LogP contribution is 2.41. The van der Waals surface area contributed by atoms with Crippen LogP contribution < -0.4 is 15.5 Å². The van der Waals surface area contributed by atoms with E-state index in [1.165, 1.54) is 12.0 Å². The molecule has 1 heterocycles. The molecule has 1 aliphatic carbocycles. The van der Waals surface area contributed by atoms with Crippen LogP contribution in [0.5, 0.6) is 0 Å². The Morgan fingerprint density at radius 1 is 1.23 bits per heavy atom. The second kappa shape index (κ2) is 9.02. The SMILES string of the molecule is O=C1Nc2ccc(Br)cc2[C@@](O)(C(=O)NCCC2=CCCCC2)N1c1ccc(Cl)cc1. The maximum absolute atomic E-state index is 13.4. The first-order valence-electron chi connectivity index (χ1n) is 10.2. The molecule has 0 bridgehead atoms. The van der Waals surface area contributed by atoms with Crippen molar-refractivity contribution in [2.45, 2.75) is 37.8 Å². The zero-order chi connectivity index (χ0) is 22.0. The van der Waals surface area contributed by atoms with E-state index < -0.39 is 17.7 Å². The molecule has 2 aliphatic rings. The first-order valence-corrected chi connectivity index (χ1v) is 11.4. The van der Waals surface area contributed by atoms with Gasteiger partial charge in [0.25, 0.3) is 11.6 Å². The molecule has 4 rings (SSSR count). The lowest BCUT2D eigenvalue weighted by Crippen LogP contribution is -2.62. The van der Waals surface area contributed by atoms with Gasteiger partial charge < -0.3 is 15.7 Å². The number of amides is 3. The van der Waals surface area contributed by atoms with Gasteiger partial charge in [-0.2, -0.15) is 0 Å². The standard InChI is InChI=1S/C23H23BrClN3O3/c24-16-6-11-20-19(14-16)23(31,21(29)26-13-12-15-4-2-1-3-5-15)28(22(30)27-20)18-9-7-17(25)8-10-18/h4,6-11,14,31H,1-3,5,12-13H2,(H,26,29)(H,27,30)/t23-/m1/s1. The molecule has 0 saturated heterocycles. The average molecular weight is 505 g/mol. The number of halogens is 2. The first-order chi connectivity index (χ1) is 14.9. The van der Waals surface area contributed by atoms with E-state index in [9.17, 15) is 14.7 Å². The van der Waals surface area contributed by atoms with Crippen molar-refractivity contribution < 1.29 is 14.7 Å². The number of nitrogens with zero attached hydrogens (tertiary/aromatic N) is 1. The molecule has 162 valence electrons. The van der Waals surface area contributed by atoms with Gasteiger partial charge in [-0.1, -0.05) is 39.2 Å². The Bertz CT molecular complexity index is 1040. The minimum atomic E-state index is -2.23. The largest absolute Gasteiger partial charge is 0.359 e. The highest BCUT2D eigenvalue weighted by atomic mass is 79.9. The van der Waals surface area contributed by atoms with Gasteiger partial charge in [0.2, 0.25) is 0 Å². The van der Waals surface area contributed by atoms with Crippen molar-refractivity contribution >= 4 is 50.8 Å². The molecule has 6 nitrogen and oxygen atoms in total. The molecule has 3 N–H and O–H groups in total. The van der Waals surface area contributed by atoms with E-state index in [0.29, 0.717) is 27.4 Å². The minimum Gasteiger partial charge on any atom is -0.359 e. The number of aliphatic hydroxyl groups is 1. The number of hydrogen-bond acceptors (Lipinski definition) is 3. The van der Waals surface area contributed by atoms with E-state index in [1.807, 2.05) is 0 Å². The Labute approximate surface area is 194 Å². The van der Waals surface area contributed by atoms with E-state index in [4.69, 9.17) is 11.6 Å². The Morgan fingerprint density at radius 3 is 2.71 bits per heavy atom. The van der Waals surface area contributed by atoms with Gasteiger partial charge in [-0.15, -0.1) is 0 Å². The normalized spacial score (nSPS) is 20.5. The summed E-state index contributed by atoms with van der Waals surface area (Å²) in [5.41, 5.74) is 0.102. The summed E-state index contributed by atoms with van der Waals surface area (Å²) in [5, 5.41) is 17.9. The van der Waals surface area contributed by atoms with Crippen LogP contribution in [-0.2, 0) is 10.5 Å². The zero-order valence-corrected chi connectivity index (χ0v) is 19.2. The second-order valence-electron chi connectivity index (χ2n) is 7.72. The van der Waals surface area contributed by atoms with E-state index in [-0.39, 0.29) is 5.56 Å². The molecule has 1 aliphatic heterocycles. The predicted molar refractivity (Wildman–Crippen MR) is 125 cm³/mol. The highest BCUT2D eigenvalue weighted by molar-refractivity contribution is 9.10. The Morgan fingerprint density at radius 2 is 2.00 bits per heavy atom. The van der Waals surface area contributed by atoms with E-state index in [0.717, 1.165) is 30.6 Å². The molecule has 0 spiro atoms. The Kier molecular flexibility index (Phi) is 6.36. The third kappa shape index (κ3) is 4.35. The lowest BCUT2D eigenvalue weighted by atomic mass is 9.94. The molecule has 2 aromatic carbocycles. The van der Waals surface area contributed by atoms with Crippen LogP contribution in [0, 0.1) is 0 Å². The van der Waals surface area contributed by atoms with Gasteiger partial charge in [0, 0.05) is 27.3 Å². The number of fused-ring (bicyclic) bond motifs is 1. The second-order valence-corrected chi connectivity index (χ2v) is 9.07. The number of hydrogen-bond donors (Lipinski definition) is 3. The summed E-state index contributed by atoms with van der Waals surface area (Å²) in [5.74, 6) is -0.659. The van der Waals surface area contributed by atoms with Gasteiger partial charge in [-0.05, 0) is 74.6 Å².